The number of nitrogens with one attached hydrogen (secondary N) is 2. The van der Waals surface area contributed by atoms with Crippen molar-refractivity contribution in [3.63, 3.8) is 0 Å². The number of rotatable bonds is 7. The summed E-state index contributed by atoms with van der Waals surface area (Å²) in [5.74, 6) is 0.535. The average molecular weight is 277 g/mol. The van der Waals surface area contributed by atoms with E-state index in [-0.39, 0.29) is 5.11 Å². The van der Waals surface area contributed by atoms with Crippen LogP contribution >= 0.6 is 12.2 Å². The Labute approximate surface area is 121 Å². The number of allylic oxidation sites excluding steroid dienone is 1. The third-order valence-corrected chi connectivity index (χ3v) is 3.20. The quantitative estimate of drug-likeness (QED) is 0.529. The molecule has 0 saturated carbocycles. The van der Waals surface area contributed by atoms with Gasteiger partial charge in [-0.05, 0) is 42.1 Å². The maximum absolute atomic E-state index is 5.41. The minimum atomic E-state index is 0.243. The van der Waals surface area contributed by atoms with Crippen molar-refractivity contribution in [1.29, 1.82) is 0 Å². The molecule has 1 rings (SSSR count). The summed E-state index contributed by atoms with van der Waals surface area (Å²) < 4.78 is 0. The van der Waals surface area contributed by atoms with Gasteiger partial charge in [0, 0.05) is 6.20 Å². The van der Waals surface area contributed by atoms with Gasteiger partial charge in [-0.15, -0.1) is 0 Å². The molecule has 104 valence electrons. The Morgan fingerprint density at radius 1 is 1.32 bits per heavy atom. The van der Waals surface area contributed by atoms with E-state index in [0.29, 0.717) is 5.92 Å². The summed E-state index contributed by atoms with van der Waals surface area (Å²) in [6, 6.07) is 10.4. The van der Waals surface area contributed by atoms with Crippen molar-refractivity contribution in [3.8, 4) is 0 Å². The number of hydrogen-bond donors (Lipinski definition) is 3. The molecule has 1 aromatic rings. The van der Waals surface area contributed by atoms with Crippen LogP contribution in [-0.2, 0) is 0 Å². The zero-order chi connectivity index (χ0) is 14.1. The van der Waals surface area contributed by atoms with Crippen LogP contribution in [0.5, 0.6) is 0 Å². The molecule has 0 aliphatic carbocycles. The molecule has 0 aliphatic rings. The van der Waals surface area contributed by atoms with Gasteiger partial charge in [-0.3, -0.25) is 5.43 Å². The molecule has 0 amide bonds. The molecule has 1 unspecified atom stereocenters. The highest BCUT2D eigenvalue weighted by Gasteiger charge is 2.13. The fourth-order valence-corrected chi connectivity index (χ4v) is 2.24. The summed E-state index contributed by atoms with van der Waals surface area (Å²) >= 11 is 4.78. The van der Waals surface area contributed by atoms with Crippen LogP contribution in [0.1, 0.15) is 38.7 Å². The lowest BCUT2D eigenvalue weighted by atomic mass is 9.88. The van der Waals surface area contributed by atoms with Crippen molar-refractivity contribution in [2.75, 3.05) is 0 Å². The van der Waals surface area contributed by atoms with Gasteiger partial charge in [0.05, 0.1) is 0 Å². The molecule has 0 saturated heterocycles. The number of hydrazine groups is 1. The van der Waals surface area contributed by atoms with E-state index in [2.05, 4.69) is 49.0 Å². The van der Waals surface area contributed by atoms with Crippen LogP contribution in [0.2, 0.25) is 0 Å². The molecule has 0 spiro atoms. The third-order valence-electron chi connectivity index (χ3n) is 3.10. The van der Waals surface area contributed by atoms with Gasteiger partial charge in [0.2, 0.25) is 0 Å². The summed E-state index contributed by atoms with van der Waals surface area (Å²) in [5, 5.41) is 0.243. The molecule has 0 heterocycles. The van der Waals surface area contributed by atoms with Gasteiger partial charge in [0.25, 0.3) is 0 Å². The maximum Gasteiger partial charge on any atom is 0.182 e. The molecule has 0 radical (unpaired) electrons. The molecular formula is C15H23N3S. The Kier molecular flexibility index (Phi) is 6.97. The number of hydrogen-bond acceptors (Lipinski definition) is 2. The van der Waals surface area contributed by atoms with Crippen LogP contribution in [0.3, 0.4) is 0 Å². The first-order valence-corrected chi connectivity index (χ1v) is 7.16. The minimum absolute atomic E-state index is 0.243. The maximum atomic E-state index is 5.41. The number of nitrogens with two attached hydrogens (primary N) is 1. The van der Waals surface area contributed by atoms with E-state index in [1.807, 2.05) is 12.3 Å². The first-order chi connectivity index (χ1) is 9.19. The molecule has 19 heavy (non-hydrogen) atoms. The van der Waals surface area contributed by atoms with Gasteiger partial charge in [0.15, 0.2) is 5.11 Å². The van der Waals surface area contributed by atoms with Gasteiger partial charge in [-0.1, -0.05) is 50.6 Å². The molecular weight excluding hydrogens is 254 g/mol. The van der Waals surface area contributed by atoms with E-state index in [9.17, 15) is 0 Å². The minimum Gasteiger partial charge on any atom is -0.375 e. The second kappa shape index (κ2) is 8.53. The molecule has 1 aromatic carbocycles. The summed E-state index contributed by atoms with van der Waals surface area (Å²) in [6.07, 6.45) is 5.43. The van der Waals surface area contributed by atoms with E-state index in [1.165, 1.54) is 24.0 Å². The van der Waals surface area contributed by atoms with Gasteiger partial charge < -0.3 is 11.2 Å². The summed E-state index contributed by atoms with van der Waals surface area (Å²) in [4.78, 5) is 0. The highest BCUT2D eigenvalue weighted by atomic mass is 32.1. The number of benzene rings is 1. The lowest BCUT2D eigenvalue weighted by Crippen LogP contribution is -2.37. The van der Waals surface area contributed by atoms with Crippen molar-refractivity contribution < 1.29 is 0 Å². The third kappa shape index (κ3) is 5.30. The Bertz CT molecular complexity index is 415. The summed E-state index contributed by atoms with van der Waals surface area (Å²) in [7, 11) is 0. The van der Waals surface area contributed by atoms with E-state index in [0.717, 1.165) is 6.42 Å². The fourth-order valence-electron chi connectivity index (χ4n) is 2.18. The van der Waals surface area contributed by atoms with E-state index in [1.54, 1.807) is 0 Å². The molecule has 4 N–H and O–H groups in total. The molecule has 0 fully saturated rings. The van der Waals surface area contributed by atoms with E-state index >= 15 is 0 Å². The van der Waals surface area contributed by atoms with Crippen LogP contribution in [0.4, 0.5) is 0 Å². The summed E-state index contributed by atoms with van der Waals surface area (Å²) in [6.45, 7) is 4.43. The van der Waals surface area contributed by atoms with Gasteiger partial charge in [-0.25, -0.2) is 0 Å². The van der Waals surface area contributed by atoms with Crippen LogP contribution in [0.15, 0.2) is 36.5 Å². The molecule has 4 heteroatoms. The lowest BCUT2D eigenvalue weighted by Gasteiger charge is -2.19. The first-order valence-electron chi connectivity index (χ1n) is 6.75. The molecule has 0 aromatic heterocycles. The first kappa shape index (κ1) is 15.5. The van der Waals surface area contributed by atoms with Crippen molar-refractivity contribution in [2.24, 2.45) is 11.7 Å². The van der Waals surface area contributed by atoms with Crippen molar-refractivity contribution in [2.45, 2.75) is 33.1 Å². The normalized spacial score (nSPS) is 12.8. The highest BCUT2D eigenvalue weighted by Crippen LogP contribution is 2.28. The molecule has 3 nitrogen and oxygen atoms in total. The van der Waals surface area contributed by atoms with Crippen LogP contribution in [0.25, 0.3) is 5.57 Å². The predicted molar refractivity (Wildman–Crippen MR) is 86.2 cm³/mol. The summed E-state index contributed by atoms with van der Waals surface area (Å²) in [5.41, 5.74) is 13.7. The second-order valence-corrected chi connectivity index (χ2v) is 4.93. The van der Waals surface area contributed by atoms with Gasteiger partial charge in [-0.2, -0.15) is 0 Å². The van der Waals surface area contributed by atoms with Crippen LogP contribution in [-0.4, -0.2) is 5.11 Å². The Hall–Kier alpha value is -1.55. The molecule has 0 aliphatic heterocycles. The highest BCUT2D eigenvalue weighted by molar-refractivity contribution is 7.80. The predicted octanol–water partition coefficient (Wildman–Crippen LogP) is 3.19. The van der Waals surface area contributed by atoms with Gasteiger partial charge >= 0.3 is 0 Å². The number of thiocarbonyl (C=S) groups is 1. The van der Waals surface area contributed by atoms with Gasteiger partial charge in [0.1, 0.15) is 0 Å². The molecule has 0 bridgehead atoms. The van der Waals surface area contributed by atoms with E-state index < -0.39 is 0 Å². The zero-order valence-electron chi connectivity index (χ0n) is 11.6. The smallest absolute Gasteiger partial charge is 0.182 e. The van der Waals surface area contributed by atoms with Crippen molar-refractivity contribution in [3.05, 3.63) is 42.1 Å². The zero-order valence-corrected chi connectivity index (χ0v) is 12.5. The van der Waals surface area contributed by atoms with Crippen LogP contribution in [0, 0.1) is 5.92 Å². The van der Waals surface area contributed by atoms with Crippen molar-refractivity contribution in [1.82, 2.24) is 10.9 Å². The average Bonchev–Trinajstić information content (AvgIpc) is 2.42. The largest absolute Gasteiger partial charge is 0.375 e. The van der Waals surface area contributed by atoms with Crippen molar-refractivity contribution >= 4 is 22.9 Å². The SMILES string of the molecule is CCCC(CC)C(=CNNC(N)=S)c1ccccc1. The monoisotopic (exact) mass is 277 g/mol. The lowest BCUT2D eigenvalue weighted by molar-refractivity contribution is 0.575. The Morgan fingerprint density at radius 2 is 2.00 bits per heavy atom. The second-order valence-electron chi connectivity index (χ2n) is 4.49. The fraction of sp³-hybridized carbons (Fsp3) is 0.400. The Morgan fingerprint density at radius 3 is 2.53 bits per heavy atom. The standard InChI is InChI=1S/C15H23N3S/c1-3-8-12(4-2)14(11-17-18-15(16)19)13-9-6-5-7-10-13/h5-7,9-12,17H,3-4,8H2,1-2H3,(H3,16,18,19). The topological polar surface area (TPSA) is 50.1 Å². The van der Waals surface area contributed by atoms with Crippen LogP contribution < -0.4 is 16.6 Å². The Balaban J connectivity index is 2.92. The molecule has 1 atom stereocenters. The van der Waals surface area contributed by atoms with E-state index in [4.69, 9.17) is 18.0 Å².